The molecule has 8 nitrogen and oxygen atoms in total. The minimum atomic E-state index is -0.859. The average molecular weight is 483 g/mol. The van der Waals surface area contributed by atoms with Gasteiger partial charge >= 0.3 is 17.1 Å². The molecule has 0 aliphatic heterocycles. The minimum Gasteiger partial charge on any atom is -0.335 e. The van der Waals surface area contributed by atoms with Gasteiger partial charge in [0.2, 0.25) is 5.91 Å². The van der Waals surface area contributed by atoms with Crippen molar-refractivity contribution >= 4 is 34.6 Å². The second-order valence-corrected chi connectivity index (χ2v) is 9.23. The Morgan fingerprint density at radius 3 is 2.41 bits per heavy atom. The molecule has 0 saturated heterocycles. The van der Waals surface area contributed by atoms with E-state index in [-0.39, 0.29) is 12.6 Å². The molecule has 0 unspecified atom stereocenters. The van der Waals surface area contributed by atoms with E-state index in [1.807, 2.05) is 30.3 Å². The number of benzene rings is 2. The Kier molecular flexibility index (Phi) is 7.17. The summed E-state index contributed by atoms with van der Waals surface area (Å²) in [5.74, 6) is -0.356. The van der Waals surface area contributed by atoms with Crippen LogP contribution in [0.25, 0.3) is 11.0 Å². The van der Waals surface area contributed by atoms with Gasteiger partial charge in [0.25, 0.3) is 0 Å². The predicted octanol–water partition coefficient (Wildman–Crippen LogP) is 3.27. The lowest BCUT2D eigenvalue weighted by atomic mass is 9.86. The van der Waals surface area contributed by atoms with Crippen molar-refractivity contribution in [3.63, 3.8) is 0 Å². The Hall–Kier alpha value is -3.39. The smallest absolute Gasteiger partial charge is 0.321 e. The van der Waals surface area contributed by atoms with Gasteiger partial charge in [-0.1, -0.05) is 61.7 Å². The molecule has 1 aliphatic rings. The quantitative estimate of drug-likeness (QED) is 0.545. The van der Waals surface area contributed by atoms with Crippen LogP contribution in [-0.4, -0.2) is 27.1 Å². The molecule has 2 N–H and O–H groups in total. The van der Waals surface area contributed by atoms with Crippen LogP contribution in [0.1, 0.15) is 38.2 Å². The first-order valence-corrected chi connectivity index (χ1v) is 11.8. The zero-order valence-corrected chi connectivity index (χ0v) is 19.7. The van der Waals surface area contributed by atoms with Crippen LogP contribution in [0.15, 0.2) is 58.1 Å². The van der Waals surface area contributed by atoms with Gasteiger partial charge in [0, 0.05) is 11.1 Å². The number of urea groups is 1. The van der Waals surface area contributed by atoms with E-state index in [9.17, 15) is 19.2 Å². The number of carbonyl (C=O) groups excluding carboxylic acids is 2. The fraction of sp³-hybridized carbons (Fsp3) is 0.360. The number of imide groups is 1. The van der Waals surface area contributed by atoms with Gasteiger partial charge in [0.05, 0.1) is 17.6 Å². The SMILES string of the molecule is C[C@H]1CCCC[C@H]1NC(=O)NC(=O)Cn1c(=O)c(=O)n(Cc2ccccc2)c2ccc(Cl)cc21. The lowest BCUT2D eigenvalue weighted by Gasteiger charge is -2.29. The van der Waals surface area contributed by atoms with Crippen LogP contribution in [0, 0.1) is 5.92 Å². The molecule has 1 fully saturated rings. The van der Waals surface area contributed by atoms with Crippen LogP contribution < -0.4 is 21.8 Å². The molecule has 3 amide bonds. The van der Waals surface area contributed by atoms with Crippen LogP contribution in [0.3, 0.4) is 0 Å². The molecular formula is C25H27ClN4O4. The Balaban J connectivity index is 1.60. The van der Waals surface area contributed by atoms with E-state index in [0.29, 0.717) is 22.0 Å². The highest BCUT2D eigenvalue weighted by atomic mass is 35.5. The molecule has 1 heterocycles. The van der Waals surface area contributed by atoms with Crippen molar-refractivity contribution in [1.82, 2.24) is 19.8 Å². The Labute approximate surface area is 201 Å². The number of rotatable bonds is 5. The van der Waals surface area contributed by atoms with Crippen LogP contribution in [-0.2, 0) is 17.9 Å². The average Bonchev–Trinajstić information content (AvgIpc) is 2.81. The van der Waals surface area contributed by atoms with E-state index in [1.54, 1.807) is 12.1 Å². The zero-order chi connectivity index (χ0) is 24.2. The molecule has 4 rings (SSSR count). The number of fused-ring (bicyclic) bond motifs is 1. The number of nitrogens with one attached hydrogen (secondary N) is 2. The third-order valence-electron chi connectivity index (χ3n) is 6.36. The molecule has 2 aromatic carbocycles. The number of aromatic nitrogens is 2. The molecule has 3 aromatic rings. The van der Waals surface area contributed by atoms with Crippen molar-refractivity contribution in [2.45, 2.75) is 51.7 Å². The maximum absolute atomic E-state index is 13.0. The number of hydrogen-bond donors (Lipinski definition) is 2. The van der Waals surface area contributed by atoms with Gasteiger partial charge < -0.3 is 5.32 Å². The van der Waals surface area contributed by atoms with Crippen molar-refractivity contribution < 1.29 is 9.59 Å². The topological polar surface area (TPSA) is 102 Å². The van der Waals surface area contributed by atoms with E-state index < -0.39 is 29.6 Å². The molecule has 0 radical (unpaired) electrons. The van der Waals surface area contributed by atoms with Crippen LogP contribution in [0.5, 0.6) is 0 Å². The zero-order valence-electron chi connectivity index (χ0n) is 18.9. The first kappa shape index (κ1) is 23.8. The van der Waals surface area contributed by atoms with Crippen molar-refractivity contribution in [1.29, 1.82) is 0 Å². The first-order valence-electron chi connectivity index (χ1n) is 11.4. The lowest BCUT2D eigenvalue weighted by molar-refractivity contribution is -0.120. The highest BCUT2D eigenvalue weighted by Gasteiger charge is 2.24. The van der Waals surface area contributed by atoms with Crippen molar-refractivity contribution in [2.75, 3.05) is 0 Å². The highest BCUT2D eigenvalue weighted by Crippen LogP contribution is 2.23. The second kappa shape index (κ2) is 10.3. The van der Waals surface area contributed by atoms with Crippen molar-refractivity contribution in [3.05, 3.63) is 79.8 Å². The third kappa shape index (κ3) is 5.22. The largest absolute Gasteiger partial charge is 0.335 e. The maximum Gasteiger partial charge on any atom is 0.321 e. The summed E-state index contributed by atoms with van der Waals surface area (Å²) in [7, 11) is 0. The predicted molar refractivity (Wildman–Crippen MR) is 131 cm³/mol. The molecule has 2 atom stereocenters. The van der Waals surface area contributed by atoms with Gasteiger partial charge in [0.1, 0.15) is 6.54 Å². The highest BCUT2D eigenvalue weighted by molar-refractivity contribution is 6.31. The van der Waals surface area contributed by atoms with Crippen LogP contribution >= 0.6 is 11.6 Å². The molecule has 1 aliphatic carbocycles. The Morgan fingerprint density at radius 1 is 0.971 bits per heavy atom. The summed E-state index contributed by atoms with van der Waals surface area (Å²) in [6.07, 6.45) is 4.06. The van der Waals surface area contributed by atoms with Gasteiger partial charge in [-0.15, -0.1) is 0 Å². The van der Waals surface area contributed by atoms with Gasteiger partial charge in [-0.2, -0.15) is 0 Å². The van der Waals surface area contributed by atoms with Crippen molar-refractivity contribution in [3.8, 4) is 0 Å². The number of hydrogen-bond acceptors (Lipinski definition) is 4. The summed E-state index contributed by atoms with van der Waals surface area (Å²) in [6.45, 7) is 1.79. The van der Waals surface area contributed by atoms with Gasteiger partial charge in [0.15, 0.2) is 0 Å². The normalized spacial score (nSPS) is 17.9. The molecule has 1 saturated carbocycles. The van der Waals surface area contributed by atoms with E-state index in [1.165, 1.54) is 10.6 Å². The Morgan fingerprint density at radius 2 is 1.68 bits per heavy atom. The third-order valence-corrected chi connectivity index (χ3v) is 6.59. The molecule has 1 aromatic heterocycles. The molecule has 178 valence electrons. The van der Waals surface area contributed by atoms with Crippen LogP contribution in [0.4, 0.5) is 4.79 Å². The second-order valence-electron chi connectivity index (χ2n) is 8.79. The number of amides is 3. The number of nitrogens with zero attached hydrogens (tertiary/aromatic N) is 2. The lowest BCUT2D eigenvalue weighted by Crippen LogP contribution is -2.49. The Bertz CT molecular complexity index is 1330. The van der Waals surface area contributed by atoms with Crippen molar-refractivity contribution in [2.24, 2.45) is 5.92 Å². The van der Waals surface area contributed by atoms with Gasteiger partial charge in [-0.3, -0.25) is 28.8 Å². The number of halogens is 1. The number of carbonyl (C=O) groups is 2. The van der Waals surface area contributed by atoms with E-state index in [0.717, 1.165) is 35.8 Å². The minimum absolute atomic E-state index is 0.00539. The fourth-order valence-electron chi connectivity index (χ4n) is 4.52. The molecule has 0 spiro atoms. The summed E-state index contributed by atoms with van der Waals surface area (Å²) in [5, 5.41) is 5.49. The van der Waals surface area contributed by atoms with Gasteiger partial charge in [-0.25, -0.2) is 4.79 Å². The van der Waals surface area contributed by atoms with E-state index in [2.05, 4.69) is 17.6 Å². The van der Waals surface area contributed by atoms with Crippen LogP contribution in [0.2, 0.25) is 5.02 Å². The van der Waals surface area contributed by atoms with E-state index in [4.69, 9.17) is 11.6 Å². The monoisotopic (exact) mass is 482 g/mol. The summed E-state index contributed by atoms with van der Waals surface area (Å²) >= 11 is 6.17. The summed E-state index contributed by atoms with van der Waals surface area (Å²) in [6, 6.07) is 13.5. The summed E-state index contributed by atoms with van der Waals surface area (Å²) < 4.78 is 2.44. The van der Waals surface area contributed by atoms with E-state index >= 15 is 0 Å². The summed E-state index contributed by atoms with van der Waals surface area (Å²) in [4.78, 5) is 51.0. The molecular weight excluding hydrogens is 456 g/mol. The van der Waals surface area contributed by atoms with Gasteiger partial charge in [-0.05, 0) is 42.5 Å². The molecule has 34 heavy (non-hydrogen) atoms. The summed E-state index contributed by atoms with van der Waals surface area (Å²) in [5.41, 5.74) is 0.0362. The molecule has 0 bridgehead atoms. The molecule has 9 heteroatoms. The maximum atomic E-state index is 13.0. The standard InChI is InChI=1S/C25H27ClN4O4/c1-16-7-5-6-10-19(16)27-25(34)28-22(31)15-30-21-13-18(26)11-12-20(21)29(23(32)24(30)33)14-17-8-3-2-4-9-17/h2-4,8-9,11-13,16,19H,5-7,10,14-15H2,1H3,(H2,27,28,31,34)/t16-,19+/m0/s1. The first-order chi connectivity index (χ1) is 16.3. The fourth-order valence-corrected chi connectivity index (χ4v) is 4.68.